The molecule has 0 aliphatic heterocycles. The molecule has 0 N–H and O–H groups in total. The summed E-state index contributed by atoms with van der Waals surface area (Å²) in [6.07, 6.45) is 0. The maximum atomic E-state index is 2.04. The van der Waals surface area contributed by atoms with Crippen LogP contribution in [0.2, 0.25) is 0 Å². The van der Waals surface area contributed by atoms with Gasteiger partial charge in [-0.3, -0.25) is 0 Å². The second-order valence-corrected chi connectivity index (χ2v) is 1.61. The van der Waals surface area contributed by atoms with Crippen LogP contribution >= 0.6 is 11.3 Å². The van der Waals surface area contributed by atoms with Crippen LogP contribution in [0.4, 0.5) is 0 Å². The summed E-state index contributed by atoms with van der Waals surface area (Å²) >= 11 is 1.71. The van der Waals surface area contributed by atoms with Gasteiger partial charge in [-0.15, -0.1) is 0 Å². The summed E-state index contributed by atoms with van der Waals surface area (Å²) in [6, 6.07) is 4.04. The summed E-state index contributed by atoms with van der Waals surface area (Å²) in [7, 11) is 0. The Morgan fingerprint density at radius 3 is 1.67 bits per heavy atom. The van der Waals surface area contributed by atoms with Crippen molar-refractivity contribution in [3.05, 3.63) is 22.9 Å². The average molecular weight is 218 g/mol. The van der Waals surface area contributed by atoms with Crippen LogP contribution in [-0.4, -0.2) is 68.9 Å². The van der Waals surface area contributed by atoms with Gasteiger partial charge in [0.1, 0.15) is 0 Å². The summed E-state index contributed by atoms with van der Waals surface area (Å²) in [6.45, 7) is 0. The Hall–Kier alpha value is 1.75. The molecule has 6 heavy (non-hydrogen) atoms. The van der Waals surface area contributed by atoms with Crippen molar-refractivity contribution in [2.75, 3.05) is 0 Å². The molecule has 0 bridgehead atoms. The fourth-order valence-corrected chi connectivity index (χ4v) is 0.680. The van der Waals surface area contributed by atoms with E-state index in [-0.39, 0.29) is 68.9 Å². The Bertz CT molecular complexity index is 64.0. The number of hydrogen-bond donors (Lipinski definition) is 0. The van der Waals surface area contributed by atoms with Crippen molar-refractivity contribution in [3.8, 4) is 0 Å². The summed E-state index contributed by atoms with van der Waals surface area (Å²) < 4.78 is 0. The van der Waals surface area contributed by atoms with Crippen molar-refractivity contribution in [3.63, 3.8) is 0 Å². The molecule has 1 aromatic rings. The van der Waals surface area contributed by atoms with Gasteiger partial charge in [-0.2, -0.15) is 11.3 Å². The topological polar surface area (TPSA) is 0 Å². The molecular weight excluding hydrogens is 213 g/mol. The predicted molar refractivity (Wildman–Crippen MR) is 31.5 cm³/mol. The van der Waals surface area contributed by atoms with E-state index in [0.29, 0.717) is 0 Å². The molecule has 1 rings (SSSR count). The van der Waals surface area contributed by atoms with Crippen LogP contribution in [0.3, 0.4) is 0 Å². The Morgan fingerprint density at radius 2 is 1.50 bits per heavy atom. The second-order valence-electron chi connectivity index (χ2n) is 0.793. The van der Waals surface area contributed by atoms with Gasteiger partial charge >= 0.3 is 68.9 Å². The summed E-state index contributed by atoms with van der Waals surface area (Å²) in [5, 5.41) is 4.08. The molecule has 0 unspecified atom stereocenters. The summed E-state index contributed by atoms with van der Waals surface area (Å²) in [5.74, 6) is 0. The van der Waals surface area contributed by atoms with Crippen LogP contribution in [-0.2, 0) is 0 Å². The summed E-state index contributed by atoms with van der Waals surface area (Å²) in [4.78, 5) is 0. The van der Waals surface area contributed by atoms with Gasteiger partial charge < -0.3 is 0 Å². The Morgan fingerprint density at radius 1 is 1.00 bits per heavy atom. The van der Waals surface area contributed by atoms with Crippen LogP contribution in [0.25, 0.3) is 0 Å². The van der Waals surface area contributed by atoms with Crippen LogP contribution in [0.15, 0.2) is 22.9 Å². The molecular formula is C4H5CsS. The van der Waals surface area contributed by atoms with Crippen LogP contribution in [0.1, 0.15) is 0 Å². The molecule has 0 atom stereocenters. The fourth-order valence-electron chi connectivity index (χ4n) is 0.227. The van der Waals surface area contributed by atoms with E-state index in [1.807, 2.05) is 22.9 Å². The van der Waals surface area contributed by atoms with E-state index in [9.17, 15) is 0 Å². The Labute approximate surface area is 100 Å². The molecule has 0 aliphatic rings. The zero-order chi connectivity index (χ0) is 3.54. The van der Waals surface area contributed by atoms with Crippen molar-refractivity contribution in [1.29, 1.82) is 0 Å². The first-order chi connectivity index (χ1) is 2.50. The molecule has 0 saturated heterocycles. The Kier molecular flexibility index (Phi) is 6.33. The number of thiophene rings is 1. The largest absolute Gasteiger partial charge is 0.152 e. The monoisotopic (exact) mass is 218 g/mol. The molecule has 0 aliphatic carbocycles. The predicted octanol–water partition coefficient (Wildman–Crippen LogP) is 1.10. The van der Waals surface area contributed by atoms with Crippen molar-refractivity contribution < 1.29 is 0 Å². The first-order valence-corrected chi connectivity index (χ1v) is 2.41. The van der Waals surface area contributed by atoms with E-state index in [2.05, 4.69) is 0 Å². The molecule has 28 valence electrons. The smallest absolute Gasteiger partial charge is 0.00934 e. The van der Waals surface area contributed by atoms with E-state index in [1.54, 1.807) is 11.3 Å². The maximum Gasteiger partial charge on any atom is -0.00934 e. The molecule has 1 heterocycles. The van der Waals surface area contributed by atoms with Gasteiger partial charge in [-0.25, -0.2) is 0 Å². The fraction of sp³-hybridized carbons (Fsp3) is 0. The van der Waals surface area contributed by atoms with Gasteiger partial charge in [0.05, 0.1) is 0 Å². The van der Waals surface area contributed by atoms with E-state index >= 15 is 0 Å². The van der Waals surface area contributed by atoms with E-state index in [1.165, 1.54) is 0 Å². The van der Waals surface area contributed by atoms with Gasteiger partial charge in [-0.05, 0) is 10.8 Å². The second kappa shape index (κ2) is 4.90. The molecule has 0 radical (unpaired) electrons. The van der Waals surface area contributed by atoms with Gasteiger partial charge in [0, 0.05) is 0 Å². The first kappa shape index (κ1) is 7.75. The zero-order valence-electron chi connectivity index (χ0n) is 2.72. The first-order valence-electron chi connectivity index (χ1n) is 1.47. The SMILES string of the molecule is [CsH].c1ccsc1. The third kappa shape index (κ3) is 2.85. The minimum Gasteiger partial charge on any atom is -0.152 e. The van der Waals surface area contributed by atoms with E-state index in [0.717, 1.165) is 0 Å². The van der Waals surface area contributed by atoms with E-state index in [4.69, 9.17) is 0 Å². The molecule has 0 nitrogen and oxygen atoms in total. The molecule has 0 fully saturated rings. The van der Waals surface area contributed by atoms with Gasteiger partial charge in [0.2, 0.25) is 0 Å². The number of hydrogen-bond acceptors (Lipinski definition) is 1. The van der Waals surface area contributed by atoms with Crippen molar-refractivity contribution in [1.82, 2.24) is 0 Å². The minimum absolute atomic E-state index is 0. The average Bonchev–Trinajstić information content (AvgIpc) is 1.76. The number of rotatable bonds is 0. The zero-order valence-corrected chi connectivity index (χ0v) is 3.53. The summed E-state index contributed by atoms with van der Waals surface area (Å²) in [5.41, 5.74) is 0. The minimum atomic E-state index is 0. The molecule has 0 amide bonds. The molecule has 0 spiro atoms. The molecule has 2 heteroatoms. The van der Waals surface area contributed by atoms with Gasteiger partial charge in [0.25, 0.3) is 0 Å². The van der Waals surface area contributed by atoms with Gasteiger partial charge in [0.15, 0.2) is 0 Å². The van der Waals surface area contributed by atoms with E-state index < -0.39 is 0 Å². The maximum absolute atomic E-state index is 2.04. The van der Waals surface area contributed by atoms with Crippen molar-refractivity contribution in [2.45, 2.75) is 0 Å². The van der Waals surface area contributed by atoms with Crippen LogP contribution in [0.5, 0.6) is 0 Å². The van der Waals surface area contributed by atoms with Crippen molar-refractivity contribution >= 4 is 80.2 Å². The third-order valence-electron chi connectivity index (χ3n) is 0.425. The normalized spacial score (nSPS) is 6.67. The standard InChI is InChI=1S/C4H4S.Cs.H/c1-2-4-5-3-1;;/h1-4H;;. The van der Waals surface area contributed by atoms with Gasteiger partial charge in [-0.1, -0.05) is 12.1 Å². The Balaban J connectivity index is 0.000000250. The quantitative estimate of drug-likeness (QED) is 0.611. The molecule has 1 aromatic heterocycles. The molecule has 0 aromatic carbocycles. The van der Waals surface area contributed by atoms with Crippen LogP contribution in [0, 0.1) is 0 Å². The molecule has 0 saturated carbocycles. The van der Waals surface area contributed by atoms with Crippen molar-refractivity contribution in [2.24, 2.45) is 0 Å². The third-order valence-corrected chi connectivity index (χ3v) is 1.05. The van der Waals surface area contributed by atoms with Crippen LogP contribution < -0.4 is 0 Å².